The highest BCUT2D eigenvalue weighted by atomic mass is 16.5. The largest absolute Gasteiger partial charge is 0.490 e. The van der Waals surface area contributed by atoms with Crippen LogP contribution in [0.15, 0.2) is 24.3 Å². The molecule has 1 aliphatic heterocycles. The number of piperidine rings is 1. The van der Waals surface area contributed by atoms with Gasteiger partial charge in [-0.25, -0.2) is 0 Å². The van der Waals surface area contributed by atoms with Crippen molar-refractivity contribution < 1.29 is 9.53 Å². The molecule has 0 spiro atoms. The quantitative estimate of drug-likeness (QED) is 0.845. The Kier molecular flexibility index (Phi) is 3.31. The normalized spacial score (nSPS) is 27.0. The zero-order chi connectivity index (χ0) is 13.3. The monoisotopic (exact) mass is 259 g/mol. The molecule has 1 atom stereocenters. The van der Waals surface area contributed by atoms with Crippen molar-refractivity contribution in [1.29, 1.82) is 0 Å². The maximum atomic E-state index is 12.7. The summed E-state index contributed by atoms with van der Waals surface area (Å²) in [6, 6.07) is 7.63. The third-order valence-electron chi connectivity index (χ3n) is 4.04. The maximum Gasteiger partial charge on any atom is 0.182 e. The van der Waals surface area contributed by atoms with Gasteiger partial charge in [0.05, 0.1) is 11.6 Å². The van der Waals surface area contributed by atoms with Crippen LogP contribution in [-0.4, -0.2) is 24.0 Å². The molecule has 1 aromatic rings. The van der Waals surface area contributed by atoms with Crippen molar-refractivity contribution in [2.24, 2.45) is 0 Å². The highest BCUT2D eigenvalue weighted by Crippen LogP contribution is 2.29. The molecule has 0 radical (unpaired) electrons. The Morgan fingerprint density at radius 2 is 2.21 bits per heavy atom. The molecule has 19 heavy (non-hydrogen) atoms. The molecular weight excluding hydrogens is 238 g/mol. The standard InChI is InChI=1S/C16H21NO2/c1-16(9-2-3-10-17-16)15(18)12-5-4-6-14(11-12)19-13-7-8-13/h4-6,11,13,17H,2-3,7-10H2,1H3. The number of rotatable bonds is 4. The van der Waals surface area contributed by atoms with E-state index in [2.05, 4.69) is 5.32 Å². The second kappa shape index (κ2) is 4.97. The Hall–Kier alpha value is -1.35. The van der Waals surface area contributed by atoms with Gasteiger partial charge in [0.1, 0.15) is 5.75 Å². The van der Waals surface area contributed by atoms with Gasteiger partial charge in [0.2, 0.25) is 0 Å². The molecule has 1 saturated carbocycles. The van der Waals surface area contributed by atoms with Gasteiger partial charge in [0.25, 0.3) is 0 Å². The van der Waals surface area contributed by atoms with E-state index in [0.717, 1.165) is 50.0 Å². The fourth-order valence-electron chi connectivity index (χ4n) is 2.66. The molecule has 2 aliphatic rings. The number of ether oxygens (including phenoxy) is 1. The summed E-state index contributed by atoms with van der Waals surface area (Å²) in [5.41, 5.74) is 0.353. The minimum atomic E-state index is -0.406. The molecule has 0 aromatic heterocycles. The second-order valence-electron chi connectivity index (χ2n) is 5.89. The molecule has 3 rings (SSSR count). The van der Waals surface area contributed by atoms with Gasteiger partial charge in [-0.1, -0.05) is 12.1 Å². The van der Waals surface area contributed by atoms with Gasteiger partial charge in [-0.05, 0) is 57.7 Å². The molecule has 1 unspecified atom stereocenters. The summed E-state index contributed by atoms with van der Waals surface area (Å²) in [5, 5.41) is 3.38. The minimum absolute atomic E-state index is 0.188. The number of ketones is 1. The van der Waals surface area contributed by atoms with Crippen LogP contribution in [0, 0.1) is 0 Å². The Bertz CT molecular complexity index is 473. The fourth-order valence-corrected chi connectivity index (χ4v) is 2.66. The van der Waals surface area contributed by atoms with Gasteiger partial charge in [-0.3, -0.25) is 4.79 Å². The number of carbonyl (C=O) groups is 1. The smallest absolute Gasteiger partial charge is 0.182 e. The van der Waals surface area contributed by atoms with Gasteiger partial charge in [-0.2, -0.15) is 0 Å². The molecule has 0 bridgehead atoms. The van der Waals surface area contributed by atoms with Crippen LogP contribution in [0.25, 0.3) is 0 Å². The molecule has 2 fully saturated rings. The summed E-state index contributed by atoms with van der Waals surface area (Å²) in [6.07, 6.45) is 5.84. The average Bonchev–Trinajstić information content (AvgIpc) is 3.23. The molecule has 1 heterocycles. The molecule has 3 heteroatoms. The highest BCUT2D eigenvalue weighted by Gasteiger charge is 2.35. The van der Waals surface area contributed by atoms with Crippen LogP contribution in [0.2, 0.25) is 0 Å². The molecule has 1 aliphatic carbocycles. The fraction of sp³-hybridized carbons (Fsp3) is 0.562. The van der Waals surface area contributed by atoms with Crippen LogP contribution in [0.4, 0.5) is 0 Å². The zero-order valence-corrected chi connectivity index (χ0v) is 11.4. The van der Waals surface area contributed by atoms with Crippen LogP contribution in [0.5, 0.6) is 5.75 Å². The van der Waals surface area contributed by atoms with E-state index in [1.54, 1.807) is 0 Å². The SMILES string of the molecule is CC1(C(=O)c2cccc(OC3CC3)c2)CCCCN1. The first-order valence-electron chi connectivity index (χ1n) is 7.24. The van der Waals surface area contributed by atoms with Crippen molar-refractivity contribution in [3.8, 4) is 5.75 Å². The first kappa shape index (κ1) is 12.7. The number of nitrogens with one attached hydrogen (secondary N) is 1. The van der Waals surface area contributed by atoms with Gasteiger partial charge >= 0.3 is 0 Å². The van der Waals surface area contributed by atoms with Crippen LogP contribution in [0.1, 0.15) is 49.4 Å². The molecular formula is C16H21NO2. The van der Waals surface area contributed by atoms with E-state index in [9.17, 15) is 4.79 Å². The Labute approximate surface area is 114 Å². The summed E-state index contributed by atoms with van der Waals surface area (Å²) in [6.45, 7) is 2.95. The van der Waals surface area contributed by atoms with Crippen LogP contribution in [0.3, 0.4) is 0 Å². The van der Waals surface area contributed by atoms with Crippen molar-refractivity contribution in [3.63, 3.8) is 0 Å². The van der Waals surface area contributed by atoms with Gasteiger partial charge in [0, 0.05) is 5.56 Å². The summed E-state index contributed by atoms with van der Waals surface area (Å²) in [5.74, 6) is 1.02. The van der Waals surface area contributed by atoms with Crippen LogP contribution in [-0.2, 0) is 0 Å². The maximum absolute atomic E-state index is 12.7. The topological polar surface area (TPSA) is 38.3 Å². The molecule has 1 N–H and O–H groups in total. The van der Waals surface area contributed by atoms with E-state index >= 15 is 0 Å². The Balaban J connectivity index is 1.78. The second-order valence-corrected chi connectivity index (χ2v) is 5.89. The van der Waals surface area contributed by atoms with Gasteiger partial charge < -0.3 is 10.1 Å². The lowest BCUT2D eigenvalue weighted by atomic mass is 9.84. The lowest BCUT2D eigenvalue weighted by Gasteiger charge is -2.33. The predicted molar refractivity (Wildman–Crippen MR) is 74.7 cm³/mol. The summed E-state index contributed by atoms with van der Waals surface area (Å²) in [7, 11) is 0. The van der Waals surface area contributed by atoms with E-state index in [0.29, 0.717) is 6.10 Å². The first-order chi connectivity index (χ1) is 9.17. The van der Waals surface area contributed by atoms with E-state index in [4.69, 9.17) is 4.74 Å². The Morgan fingerprint density at radius 1 is 1.37 bits per heavy atom. The first-order valence-corrected chi connectivity index (χ1v) is 7.24. The van der Waals surface area contributed by atoms with Crippen molar-refractivity contribution in [2.45, 2.75) is 50.7 Å². The van der Waals surface area contributed by atoms with Crippen molar-refractivity contribution in [3.05, 3.63) is 29.8 Å². The lowest BCUT2D eigenvalue weighted by molar-refractivity contribution is 0.0834. The van der Waals surface area contributed by atoms with Crippen LogP contribution < -0.4 is 10.1 Å². The van der Waals surface area contributed by atoms with Crippen molar-refractivity contribution >= 4 is 5.78 Å². The summed E-state index contributed by atoms with van der Waals surface area (Å²) >= 11 is 0. The number of benzene rings is 1. The molecule has 3 nitrogen and oxygen atoms in total. The number of hydrogen-bond donors (Lipinski definition) is 1. The molecule has 1 aromatic carbocycles. The Morgan fingerprint density at radius 3 is 2.89 bits per heavy atom. The van der Waals surface area contributed by atoms with E-state index in [-0.39, 0.29) is 5.78 Å². The van der Waals surface area contributed by atoms with Crippen molar-refractivity contribution in [1.82, 2.24) is 5.32 Å². The third kappa shape index (κ3) is 2.81. The van der Waals surface area contributed by atoms with E-state index in [1.807, 2.05) is 31.2 Å². The number of hydrogen-bond acceptors (Lipinski definition) is 3. The van der Waals surface area contributed by atoms with Crippen LogP contribution >= 0.6 is 0 Å². The molecule has 0 amide bonds. The van der Waals surface area contributed by atoms with Gasteiger partial charge in [-0.15, -0.1) is 0 Å². The third-order valence-corrected chi connectivity index (χ3v) is 4.04. The van der Waals surface area contributed by atoms with Crippen molar-refractivity contribution in [2.75, 3.05) is 6.54 Å². The lowest BCUT2D eigenvalue weighted by Crippen LogP contribution is -2.52. The molecule has 1 saturated heterocycles. The number of carbonyl (C=O) groups excluding carboxylic acids is 1. The van der Waals surface area contributed by atoms with E-state index < -0.39 is 5.54 Å². The summed E-state index contributed by atoms with van der Waals surface area (Å²) < 4.78 is 5.76. The average molecular weight is 259 g/mol. The molecule has 102 valence electrons. The minimum Gasteiger partial charge on any atom is -0.490 e. The zero-order valence-electron chi connectivity index (χ0n) is 11.4. The van der Waals surface area contributed by atoms with E-state index in [1.165, 1.54) is 0 Å². The summed E-state index contributed by atoms with van der Waals surface area (Å²) in [4.78, 5) is 12.7. The number of Topliss-reactive ketones (excluding diaryl/α,β-unsaturated/α-hetero) is 1. The predicted octanol–water partition coefficient (Wildman–Crippen LogP) is 2.94. The highest BCUT2D eigenvalue weighted by molar-refractivity contribution is 6.03. The van der Waals surface area contributed by atoms with Gasteiger partial charge in [0.15, 0.2) is 5.78 Å².